The van der Waals surface area contributed by atoms with Gasteiger partial charge in [-0.3, -0.25) is 0 Å². The van der Waals surface area contributed by atoms with Crippen molar-refractivity contribution in [3.63, 3.8) is 0 Å². The van der Waals surface area contributed by atoms with Crippen molar-refractivity contribution in [2.45, 2.75) is 51.9 Å². The molecular weight excluding hydrogens is 252 g/mol. The van der Waals surface area contributed by atoms with E-state index in [4.69, 9.17) is 14.2 Å². The van der Waals surface area contributed by atoms with Gasteiger partial charge in [-0.15, -0.1) is 0 Å². The maximum absolute atomic E-state index is 5.83. The first-order valence-corrected chi connectivity index (χ1v) is 7.67. The van der Waals surface area contributed by atoms with Gasteiger partial charge in [-0.1, -0.05) is 51.5 Å². The van der Waals surface area contributed by atoms with Crippen LogP contribution in [0.1, 0.15) is 51.9 Å². The Kier molecular flexibility index (Phi) is 8.68. The molecule has 0 N–H and O–H groups in total. The highest BCUT2D eigenvalue weighted by molar-refractivity contribution is 5.51. The number of methoxy groups -OCH3 is 2. The van der Waals surface area contributed by atoms with Crippen LogP contribution in [0.5, 0.6) is 17.2 Å². The maximum Gasteiger partial charge on any atom is 0.203 e. The van der Waals surface area contributed by atoms with Crippen molar-refractivity contribution in [2.24, 2.45) is 0 Å². The highest BCUT2D eigenvalue weighted by Crippen LogP contribution is 2.36. The van der Waals surface area contributed by atoms with E-state index in [-0.39, 0.29) is 0 Å². The van der Waals surface area contributed by atoms with E-state index in [1.165, 1.54) is 38.5 Å². The smallest absolute Gasteiger partial charge is 0.203 e. The van der Waals surface area contributed by atoms with Crippen LogP contribution < -0.4 is 14.2 Å². The Bertz CT molecular complexity index is 341. The van der Waals surface area contributed by atoms with Crippen LogP contribution >= 0.6 is 0 Å². The largest absolute Gasteiger partial charge is 0.493 e. The standard InChI is InChI=1S/C17H28O3/c1-4-5-6-7-8-9-10-14-20-17-15(18-2)12-11-13-16(17)19-3/h11-13H,4-10,14H2,1-3H3. The number of unbranched alkanes of at least 4 members (excludes halogenated alkanes) is 6. The Hall–Kier alpha value is -1.38. The Morgan fingerprint density at radius 2 is 1.35 bits per heavy atom. The normalized spacial score (nSPS) is 10.3. The number of hydrogen-bond acceptors (Lipinski definition) is 3. The average molecular weight is 280 g/mol. The molecule has 0 atom stereocenters. The second-order valence-corrected chi connectivity index (χ2v) is 4.96. The fourth-order valence-corrected chi connectivity index (χ4v) is 2.19. The summed E-state index contributed by atoms with van der Waals surface area (Å²) in [5.41, 5.74) is 0. The molecule has 1 aromatic rings. The van der Waals surface area contributed by atoms with Gasteiger partial charge in [0, 0.05) is 0 Å². The fraction of sp³-hybridized carbons (Fsp3) is 0.647. The monoisotopic (exact) mass is 280 g/mol. The Morgan fingerprint density at radius 3 is 1.90 bits per heavy atom. The molecule has 0 bridgehead atoms. The zero-order chi connectivity index (χ0) is 14.6. The van der Waals surface area contributed by atoms with E-state index in [0.717, 1.165) is 17.9 Å². The first-order valence-electron chi connectivity index (χ1n) is 7.67. The van der Waals surface area contributed by atoms with Crippen LogP contribution in [0.4, 0.5) is 0 Å². The van der Waals surface area contributed by atoms with E-state index in [1.807, 2.05) is 18.2 Å². The van der Waals surface area contributed by atoms with E-state index < -0.39 is 0 Å². The molecule has 0 aliphatic carbocycles. The minimum atomic E-state index is 0.712. The van der Waals surface area contributed by atoms with Gasteiger partial charge < -0.3 is 14.2 Å². The lowest BCUT2D eigenvalue weighted by molar-refractivity contribution is 0.267. The van der Waals surface area contributed by atoms with Crippen molar-refractivity contribution in [1.82, 2.24) is 0 Å². The maximum atomic E-state index is 5.83. The lowest BCUT2D eigenvalue weighted by Gasteiger charge is -2.13. The summed E-state index contributed by atoms with van der Waals surface area (Å²) in [6.07, 6.45) is 8.95. The topological polar surface area (TPSA) is 27.7 Å². The molecule has 0 amide bonds. The molecule has 3 heteroatoms. The predicted octanol–water partition coefficient (Wildman–Crippen LogP) is 4.83. The number of hydrogen-bond donors (Lipinski definition) is 0. The first kappa shape index (κ1) is 16.7. The highest BCUT2D eigenvalue weighted by atomic mass is 16.5. The van der Waals surface area contributed by atoms with Crippen molar-refractivity contribution < 1.29 is 14.2 Å². The zero-order valence-electron chi connectivity index (χ0n) is 13.1. The number of ether oxygens (including phenoxy) is 3. The number of rotatable bonds is 11. The van der Waals surface area contributed by atoms with Gasteiger partial charge in [0.1, 0.15) is 0 Å². The molecule has 0 unspecified atom stereocenters. The van der Waals surface area contributed by atoms with Gasteiger partial charge in [0.25, 0.3) is 0 Å². The molecule has 0 aliphatic rings. The molecule has 3 nitrogen and oxygen atoms in total. The number of benzene rings is 1. The lowest BCUT2D eigenvalue weighted by Crippen LogP contribution is -2.01. The van der Waals surface area contributed by atoms with Gasteiger partial charge in [0.05, 0.1) is 20.8 Å². The molecule has 114 valence electrons. The summed E-state index contributed by atoms with van der Waals surface area (Å²) in [4.78, 5) is 0. The van der Waals surface area contributed by atoms with Crippen LogP contribution in [0.15, 0.2) is 18.2 Å². The third kappa shape index (κ3) is 5.72. The molecule has 0 saturated carbocycles. The first-order chi connectivity index (χ1) is 9.83. The highest BCUT2D eigenvalue weighted by Gasteiger charge is 2.10. The minimum absolute atomic E-state index is 0.712. The third-order valence-corrected chi connectivity index (χ3v) is 3.38. The molecule has 0 aliphatic heterocycles. The van der Waals surface area contributed by atoms with Gasteiger partial charge in [-0.2, -0.15) is 0 Å². The molecule has 0 heterocycles. The Balaban J connectivity index is 2.27. The van der Waals surface area contributed by atoms with Crippen molar-refractivity contribution in [2.75, 3.05) is 20.8 Å². The molecule has 0 aromatic heterocycles. The van der Waals surface area contributed by atoms with Crippen molar-refractivity contribution >= 4 is 0 Å². The van der Waals surface area contributed by atoms with Gasteiger partial charge in [-0.25, -0.2) is 0 Å². The molecule has 0 saturated heterocycles. The summed E-state index contributed by atoms with van der Waals surface area (Å²) >= 11 is 0. The summed E-state index contributed by atoms with van der Waals surface area (Å²) in [5, 5.41) is 0. The molecule has 0 fully saturated rings. The van der Waals surface area contributed by atoms with E-state index in [2.05, 4.69) is 6.92 Å². The van der Waals surface area contributed by atoms with Gasteiger partial charge >= 0.3 is 0 Å². The van der Waals surface area contributed by atoms with Crippen LogP contribution in [0.2, 0.25) is 0 Å². The van der Waals surface area contributed by atoms with Crippen molar-refractivity contribution in [3.8, 4) is 17.2 Å². The minimum Gasteiger partial charge on any atom is -0.493 e. The summed E-state index contributed by atoms with van der Waals surface area (Å²) in [6.45, 7) is 2.96. The predicted molar refractivity (Wildman–Crippen MR) is 83.0 cm³/mol. The fourth-order valence-electron chi connectivity index (χ4n) is 2.19. The van der Waals surface area contributed by atoms with Gasteiger partial charge in [-0.05, 0) is 18.6 Å². The Morgan fingerprint density at radius 1 is 0.800 bits per heavy atom. The summed E-state index contributed by atoms with van der Waals surface area (Å²) in [7, 11) is 3.30. The van der Waals surface area contributed by atoms with Gasteiger partial charge in [0.2, 0.25) is 5.75 Å². The van der Waals surface area contributed by atoms with E-state index >= 15 is 0 Å². The van der Waals surface area contributed by atoms with E-state index in [0.29, 0.717) is 12.4 Å². The summed E-state index contributed by atoms with van der Waals surface area (Å²) < 4.78 is 16.4. The number of para-hydroxylation sites is 1. The van der Waals surface area contributed by atoms with Gasteiger partial charge in [0.15, 0.2) is 11.5 Å². The zero-order valence-corrected chi connectivity index (χ0v) is 13.1. The van der Waals surface area contributed by atoms with Crippen LogP contribution in [0, 0.1) is 0 Å². The SMILES string of the molecule is CCCCCCCCCOc1c(OC)cccc1OC. The van der Waals surface area contributed by atoms with Crippen LogP contribution in [-0.2, 0) is 0 Å². The summed E-state index contributed by atoms with van der Waals surface area (Å²) in [5.74, 6) is 2.17. The second kappa shape index (κ2) is 10.4. The molecule has 0 spiro atoms. The van der Waals surface area contributed by atoms with Crippen LogP contribution in [-0.4, -0.2) is 20.8 Å². The third-order valence-electron chi connectivity index (χ3n) is 3.38. The van der Waals surface area contributed by atoms with Crippen LogP contribution in [0.3, 0.4) is 0 Å². The Labute approximate surface area is 123 Å². The quantitative estimate of drug-likeness (QED) is 0.543. The molecular formula is C17H28O3. The summed E-state index contributed by atoms with van der Waals surface area (Å²) in [6, 6.07) is 5.68. The molecule has 0 radical (unpaired) electrons. The average Bonchev–Trinajstić information content (AvgIpc) is 2.49. The van der Waals surface area contributed by atoms with E-state index in [1.54, 1.807) is 14.2 Å². The molecule has 1 rings (SSSR count). The van der Waals surface area contributed by atoms with Crippen molar-refractivity contribution in [3.05, 3.63) is 18.2 Å². The van der Waals surface area contributed by atoms with E-state index in [9.17, 15) is 0 Å². The molecule has 1 aromatic carbocycles. The lowest BCUT2D eigenvalue weighted by atomic mass is 10.1. The second-order valence-electron chi connectivity index (χ2n) is 4.96. The van der Waals surface area contributed by atoms with Crippen molar-refractivity contribution in [1.29, 1.82) is 0 Å². The molecule has 20 heavy (non-hydrogen) atoms. The van der Waals surface area contributed by atoms with Crippen LogP contribution in [0.25, 0.3) is 0 Å².